The van der Waals surface area contributed by atoms with Crippen molar-refractivity contribution >= 4 is 0 Å². The lowest BCUT2D eigenvalue weighted by Gasteiger charge is -2.46. The van der Waals surface area contributed by atoms with E-state index in [9.17, 15) is 5.11 Å². The summed E-state index contributed by atoms with van der Waals surface area (Å²) in [6.45, 7) is 12.8. The van der Waals surface area contributed by atoms with Gasteiger partial charge in [0, 0.05) is 12.6 Å². The topological polar surface area (TPSA) is 32.3 Å². The maximum Gasteiger partial charge on any atom is 0.0772 e. The lowest BCUT2D eigenvalue weighted by Crippen LogP contribution is -2.55. The minimum Gasteiger partial charge on any atom is -0.389 e. The summed E-state index contributed by atoms with van der Waals surface area (Å²) in [4.78, 5) is 0. The smallest absolute Gasteiger partial charge is 0.0772 e. The van der Waals surface area contributed by atoms with E-state index >= 15 is 0 Å². The molecule has 3 atom stereocenters. The van der Waals surface area contributed by atoms with Crippen molar-refractivity contribution in [2.45, 2.75) is 91.2 Å². The van der Waals surface area contributed by atoms with Gasteiger partial charge in [-0.2, -0.15) is 0 Å². The summed E-state index contributed by atoms with van der Waals surface area (Å²) in [5.41, 5.74) is 0.795. The molecule has 0 saturated heterocycles. The van der Waals surface area contributed by atoms with Crippen LogP contribution >= 0.6 is 0 Å². The van der Waals surface area contributed by atoms with E-state index in [0.29, 0.717) is 22.3 Å². The van der Waals surface area contributed by atoms with E-state index in [0.717, 1.165) is 38.1 Å². The van der Waals surface area contributed by atoms with Crippen LogP contribution in [0.4, 0.5) is 0 Å². The Balaban J connectivity index is 1.63. The lowest BCUT2D eigenvalue weighted by atomic mass is 9.67. The molecule has 0 amide bonds. The van der Waals surface area contributed by atoms with Crippen LogP contribution in [-0.4, -0.2) is 23.3 Å². The predicted molar refractivity (Wildman–Crippen MR) is 88.2 cm³/mol. The molecule has 3 rings (SSSR count). The highest BCUT2D eigenvalue weighted by Crippen LogP contribution is 2.62. The molecule has 2 N–H and O–H groups in total. The van der Waals surface area contributed by atoms with Crippen LogP contribution in [0.1, 0.15) is 79.6 Å². The van der Waals surface area contributed by atoms with E-state index in [4.69, 9.17) is 0 Å². The van der Waals surface area contributed by atoms with Crippen LogP contribution in [0.15, 0.2) is 0 Å². The van der Waals surface area contributed by atoms with Crippen molar-refractivity contribution in [3.8, 4) is 0 Å². The summed E-state index contributed by atoms with van der Waals surface area (Å²) < 4.78 is 0. The SMILES string of the molecule is CC1(C)CCC(O)(CNC2C(C)(C)[C@H]3CC[C@]2(C)C3)CC1. The first-order valence-corrected chi connectivity index (χ1v) is 9.02. The molecule has 3 aliphatic rings. The molecular formula is C19H35NO. The molecule has 0 heterocycles. The molecule has 0 radical (unpaired) electrons. The number of fused-ring (bicyclic) bond motifs is 2. The molecule has 2 nitrogen and oxygen atoms in total. The number of aliphatic hydroxyl groups is 1. The van der Waals surface area contributed by atoms with Crippen LogP contribution in [-0.2, 0) is 0 Å². The third-order valence-corrected chi connectivity index (χ3v) is 7.44. The van der Waals surface area contributed by atoms with E-state index in [1.165, 1.54) is 19.3 Å². The number of rotatable bonds is 3. The molecule has 0 aromatic carbocycles. The van der Waals surface area contributed by atoms with Crippen LogP contribution < -0.4 is 5.32 Å². The van der Waals surface area contributed by atoms with Crippen LogP contribution in [0.2, 0.25) is 0 Å². The Hall–Kier alpha value is -0.0800. The summed E-state index contributed by atoms with van der Waals surface area (Å²) in [7, 11) is 0. The lowest BCUT2D eigenvalue weighted by molar-refractivity contribution is -0.0339. The van der Waals surface area contributed by atoms with Crippen LogP contribution in [0.25, 0.3) is 0 Å². The molecule has 2 heteroatoms. The van der Waals surface area contributed by atoms with Crippen LogP contribution in [0, 0.1) is 22.2 Å². The Bertz CT molecular complexity index is 399. The highest BCUT2D eigenvalue weighted by Gasteiger charge is 2.59. The molecule has 0 aliphatic heterocycles. The standard InChI is InChI=1S/C19H35NO/c1-16(2)8-10-19(21,11-9-16)13-20-15-17(3,4)14-6-7-18(15,5)12-14/h14-15,20-21H,6-13H2,1-5H3/t14-,15?,18+/m0/s1. The van der Waals surface area contributed by atoms with Crippen molar-refractivity contribution in [2.24, 2.45) is 22.2 Å². The quantitative estimate of drug-likeness (QED) is 0.820. The summed E-state index contributed by atoms with van der Waals surface area (Å²) in [6.07, 6.45) is 8.37. The van der Waals surface area contributed by atoms with Crippen molar-refractivity contribution in [1.82, 2.24) is 5.32 Å². The Morgan fingerprint density at radius 3 is 2.10 bits per heavy atom. The van der Waals surface area contributed by atoms with Crippen molar-refractivity contribution < 1.29 is 5.11 Å². The minimum atomic E-state index is -0.468. The minimum absolute atomic E-state index is 0.386. The number of hydrogen-bond acceptors (Lipinski definition) is 2. The summed E-state index contributed by atoms with van der Waals surface area (Å²) >= 11 is 0. The van der Waals surface area contributed by atoms with Gasteiger partial charge >= 0.3 is 0 Å². The van der Waals surface area contributed by atoms with E-state index in [2.05, 4.69) is 39.9 Å². The third kappa shape index (κ3) is 2.67. The van der Waals surface area contributed by atoms with E-state index in [1.807, 2.05) is 0 Å². The van der Waals surface area contributed by atoms with Crippen molar-refractivity contribution in [2.75, 3.05) is 6.54 Å². The first kappa shape index (κ1) is 15.8. The van der Waals surface area contributed by atoms with E-state index < -0.39 is 5.60 Å². The second-order valence-electron chi connectivity index (χ2n) is 10.1. The zero-order valence-electron chi connectivity index (χ0n) is 14.8. The molecule has 0 spiro atoms. The third-order valence-electron chi connectivity index (χ3n) is 7.44. The molecule has 2 bridgehead atoms. The monoisotopic (exact) mass is 293 g/mol. The van der Waals surface area contributed by atoms with Gasteiger partial charge in [0.05, 0.1) is 5.60 Å². The first-order chi connectivity index (χ1) is 9.57. The molecule has 1 unspecified atom stereocenters. The predicted octanol–water partition coefficient (Wildman–Crippen LogP) is 4.12. The highest BCUT2D eigenvalue weighted by molar-refractivity contribution is 5.12. The average Bonchev–Trinajstić information content (AvgIpc) is 2.84. The van der Waals surface area contributed by atoms with Gasteiger partial charge in [0.1, 0.15) is 0 Å². The van der Waals surface area contributed by atoms with Crippen LogP contribution in [0.5, 0.6) is 0 Å². The number of hydrogen-bond donors (Lipinski definition) is 2. The maximum absolute atomic E-state index is 10.9. The van der Waals surface area contributed by atoms with E-state index in [-0.39, 0.29) is 0 Å². The number of nitrogens with one attached hydrogen (secondary N) is 1. The Labute approximate surface area is 131 Å². The van der Waals surface area contributed by atoms with E-state index in [1.54, 1.807) is 0 Å². The van der Waals surface area contributed by atoms with Crippen molar-refractivity contribution in [1.29, 1.82) is 0 Å². The van der Waals surface area contributed by atoms with Crippen LogP contribution in [0.3, 0.4) is 0 Å². The van der Waals surface area contributed by atoms with Gasteiger partial charge < -0.3 is 10.4 Å². The fraction of sp³-hybridized carbons (Fsp3) is 1.00. The van der Waals surface area contributed by atoms with Gasteiger partial charge in [0.2, 0.25) is 0 Å². The van der Waals surface area contributed by atoms with Crippen molar-refractivity contribution in [3.05, 3.63) is 0 Å². The molecule has 21 heavy (non-hydrogen) atoms. The molecule has 3 aliphatic carbocycles. The summed E-state index contributed by atoms with van der Waals surface area (Å²) in [5.74, 6) is 0.875. The Morgan fingerprint density at radius 1 is 0.952 bits per heavy atom. The first-order valence-electron chi connectivity index (χ1n) is 9.02. The van der Waals surface area contributed by atoms with Gasteiger partial charge in [-0.3, -0.25) is 0 Å². The second-order valence-corrected chi connectivity index (χ2v) is 10.1. The van der Waals surface area contributed by atoms with Gasteiger partial charge in [0.15, 0.2) is 0 Å². The molecule has 0 aromatic rings. The molecular weight excluding hydrogens is 258 g/mol. The van der Waals surface area contributed by atoms with Gasteiger partial charge in [-0.15, -0.1) is 0 Å². The second kappa shape index (κ2) is 4.71. The Kier molecular flexibility index (Phi) is 3.54. The fourth-order valence-electron chi connectivity index (χ4n) is 5.67. The van der Waals surface area contributed by atoms with Gasteiger partial charge in [-0.05, 0) is 67.1 Å². The van der Waals surface area contributed by atoms with Crippen molar-refractivity contribution in [3.63, 3.8) is 0 Å². The highest BCUT2D eigenvalue weighted by atomic mass is 16.3. The van der Waals surface area contributed by atoms with Gasteiger partial charge in [0.25, 0.3) is 0 Å². The zero-order valence-corrected chi connectivity index (χ0v) is 14.8. The Morgan fingerprint density at radius 2 is 1.57 bits per heavy atom. The fourth-order valence-corrected chi connectivity index (χ4v) is 5.67. The molecule has 3 saturated carbocycles. The van der Waals surface area contributed by atoms with Gasteiger partial charge in [-0.1, -0.05) is 34.6 Å². The zero-order chi connectivity index (χ0) is 15.5. The average molecular weight is 293 g/mol. The van der Waals surface area contributed by atoms with Gasteiger partial charge in [-0.25, -0.2) is 0 Å². The normalized spacial score (nSPS) is 43.1. The maximum atomic E-state index is 10.9. The molecule has 122 valence electrons. The molecule has 3 fully saturated rings. The summed E-state index contributed by atoms with van der Waals surface area (Å²) in [5, 5.41) is 14.8. The summed E-state index contributed by atoms with van der Waals surface area (Å²) in [6, 6.07) is 0.572. The molecule has 0 aromatic heterocycles. The largest absolute Gasteiger partial charge is 0.389 e.